The van der Waals surface area contributed by atoms with Gasteiger partial charge in [-0.3, -0.25) is 4.79 Å². The summed E-state index contributed by atoms with van der Waals surface area (Å²) >= 11 is 0. The van der Waals surface area contributed by atoms with Gasteiger partial charge in [0.1, 0.15) is 11.6 Å². The zero-order valence-corrected chi connectivity index (χ0v) is 17.1. The second kappa shape index (κ2) is 9.68. The molecule has 0 saturated carbocycles. The van der Waals surface area contributed by atoms with Crippen LogP contribution in [0.2, 0.25) is 0 Å². The van der Waals surface area contributed by atoms with Crippen molar-refractivity contribution in [2.24, 2.45) is 0 Å². The molecule has 1 aliphatic rings. The van der Waals surface area contributed by atoms with E-state index in [1.807, 2.05) is 30.3 Å². The highest BCUT2D eigenvalue weighted by Gasteiger charge is 2.42. The Labute approximate surface area is 174 Å². The quantitative estimate of drug-likeness (QED) is 0.704. The normalized spacial score (nSPS) is 15.5. The maximum absolute atomic E-state index is 12.8. The molecule has 2 aromatic carbocycles. The summed E-state index contributed by atoms with van der Waals surface area (Å²) in [6, 6.07) is 12.4. The summed E-state index contributed by atoms with van der Waals surface area (Å²) < 4.78 is 43.7. The largest absolute Gasteiger partial charge is 0.416 e. The number of ether oxygens (including phenoxy) is 1. The number of benzene rings is 2. The van der Waals surface area contributed by atoms with Gasteiger partial charge in [0.15, 0.2) is 0 Å². The summed E-state index contributed by atoms with van der Waals surface area (Å²) in [4.78, 5) is 12.7. The maximum Gasteiger partial charge on any atom is 0.416 e. The molecule has 1 aliphatic heterocycles. The van der Waals surface area contributed by atoms with Crippen LogP contribution in [0.15, 0.2) is 48.5 Å². The van der Waals surface area contributed by atoms with Crippen LogP contribution in [0.5, 0.6) is 0 Å². The lowest BCUT2D eigenvalue weighted by atomic mass is 9.87. The fourth-order valence-corrected chi connectivity index (χ4v) is 3.02. The van der Waals surface area contributed by atoms with E-state index < -0.39 is 23.3 Å². The number of hydrogen-bond acceptors (Lipinski definition) is 3. The number of alkyl halides is 3. The predicted octanol–water partition coefficient (Wildman–Crippen LogP) is 4.50. The molecule has 1 saturated heterocycles. The second-order valence-electron chi connectivity index (χ2n) is 7.11. The summed E-state index contributed by atoms with van der Waals surface area (Å²) in [6.45, 7) is 5.67. The van der Waals surface area contributed by atoms with E-state index in [4.69, 9.17) is 4.74 Å². The van der Waals surface area contributed by atoms with E-state index in [9.17, 15) is 18.0 Å². The molecule has 160 valence electrons. The van der Waals surface area contributed by atoms with E-state index in [2.05, 4.69) is 23.0 Å². The number of halogens is 3. The summed E-state index contributed by atoms with van der Waals surface area (Å²) in [5.41, 5.74) is 0.599. The third-order valence-corrected chi connectivity index (χ3v) is 4.70. The number of hydrogen-bond donors (Lipinski definition) is 2. The molecule has 0 spiro atoms. The van der Waals surface area contributed by atoms with Crippen molar-refractivity contribution in [1.82, 2.24) is 5.32 Å². The van der Waals surface area contributed by atoms with Crippen molar-refractivity contribution in [1.29, 1.82) is 0 Å². The molecule has 0 aliphatic carbocycles. The van der Waals surface area contributed by atoms with Gasteiger partial charge in [-0.25, -0.2) is 0 Å². The summed E-state index contributed by atoms with van der Waals surface area (Å²) in [5, 5.41) is 6.01. The smallest absolute Gasteiger partial charge is 0.376 e. The minimum atomic E-state index is -4.39. The Bertz CT molecular complexity index is 901. The Morgan fingerprint density at radius 3 is 2.27 bits per heavy atom. The van der Waals surface area contributed by atoms with E-state index in [1.165, 1.54) is 6.07 Å². The van der Waals surface area contributed by atoms with Crippen molar-refractivity contribution < 1.29 is 22.7 Å². The molecule has 4 nitrogen and oxygen atoms in total. The van der Waals surface area contributed by atoms with Gasteiger partial charge in [0.2, 0.25) is 5.91 Å². The number of terminal acetylenes is 1. The van der Waals surface area contributed by atoms with Crippen LogP contribution in [0.4, 0.5) is 18.9 Å². The molecule has 0 aromatic heterocycles. The van der Waals surface area contributed by atoms with Crippen molar-refractivity contribution >= 4 is 11.6 Å². The Hall–Kier alpha value is -2.98. The second-order valence-corrected chi connectivity index (χ2v) is 7.11. The van der Waals surface area contributed by atoms with Crippen LogP contribution in [-0.2, 0) is 21.2 Å². The average Bonchev–Trinajstić information content (AvgIpc) is 2.66. The molecule has 1 unspecified atom stereocenters. The van der Waals surface area contributed by atoms with Crippen LogP contribution in [0.25, 0.3) is 0 Å². The number of anilines is 1. The van der Waals surface area contributed by atoms with Crippen LogP contribution in [-0.4, -0.2) is 25.2 Å². The van der Waals surface area contributed by atoms with Gasteiger partial charge in [-0.15, -0.1) is 12.3 Å². The fourth-order valence-electron chi connectivity index (χ4n) is 3.02. The highest BCUT2D eigenvalue weighted by molar-refractivity contribution is 5.85. The number of rotatable bonds is 5. The van der Waals surface area contributed by atoms with E-state index >= 15 is 0 Å². The number of carbonyl (C=O) groups excluding carboxylic acids is 1. The summed E-state index contributed by atoms with van der Waals surface area (Å²) in [6.07, 6.45) is 0.207. The number of carbonyl (C=O) groups is 1. The summed E-state index contributed by atoms with van der Waals surface area (Å²) in [7, 11) is 0. The molecule has 2 N–H and O–H groups in total. The van der Waals surface area contributed by atoms with Crippen molar-refractivity contribution in [2.75, 3.05) is 18.5 Å². The SMILES string of the molecule is C#CC.Cc1cc(C(F)(F)F)ccc1NC(C)C(=O)NC1(c2ccccc2)COC1. The van der Waals surface area contributed by atoms with Gasteiger partial charge in [0.05, 0.1) is 18.8 Å². The van der Waals surface area contributed by atoms with Crippen LogP contribution in [0.3, 0.4) is 0 Å². The molecule has 1 atom stereocenters. The molecule has 2 aromatic rings. The molecular formula is C23H25F3N2O2. The first kappa shape index (κ1) is 23.3. The van der Waals surface area contributed by atoms with Crippen molar-refractivity contribution in [3.8, 4) is 12.3 Å². The van der Waals surface area contributed by atoms with Gasteiger partial charge in [-0.2, -0.15) is 13.2 Å². The number of amides is 1. The lowest BCUT2D eigenvalue weighted by Gasteiger charge is -2.43. The standard InChI is InChI=1S/C20H21F3N2O2.C3H4/c1-13-10-16(20(21,22)23)8-9-17(13)24-14(2)18(26)25-19(11-27-12-19)15-6-4-3-5-7-15;1-3-2/h3-10,14,24H,11-12H2,1-2H3,(H,25,26);1H,2H3. The van der Waals surface area contributed by atoms with Crippen molar-refractivity contribution in [3.05, 3.63) is 65.2 Å². The molecule has 0 radical (unpaired) electrons. The minimum absolute atomic E-state index is 0.249. The number of aryl methyl sites for hydroxylation is 1. The molecule has 1 heterocycles. The number of nitrogens with one attached hydrogen (secondary N) is 2. The van der Waals surface area contributed by atoms with Crippen LogP contribution >= 0.6 is 0 Å². The lowest BCUT2D eigenvalue weighted by molar-refractivity contribution is -0.137. The van der Waals surface area contributed by atoms with Gasteiger partial charge in [-0.05, 0) is 50.1 Å². The zero-order valence-electron chi connectivity index (χ0n) is 17.1. The summed E-state index contributed by atoms with van der Waals surface area (Å²) in [5.74, 6) is 2.00. The maximum atomic E-state index is 12.8. The first-order valence-electron chi connectivity index (χ1n) is 9.40. The first-order valence-corrected chi connectivity index (χ1v) is 9.40. The van der Waals surface area contributed by atoms with Gasteiger partial charge in [0, 0.05) is 5.69 Å². The van der Waals surface area contributed by atoms with Gasteiger partial charge in [0.25, 0.3) is 0 Å². The molecule has 1 fully saturated rings. The Morgan fingerprint density at radius 2 is 1.80 bits per heavy atom. The average molecular weight is 418 g/mol. The van der Waals surface area contributed by atoms with Gasteiger partial charge < -0.3 is 15.4 Å². The van der Waals surface area contributed by atoms with Crippen LogP contribution in [0.1, 0.15) is 30.5 Å². The topological polar surface area (TPSA) is 50.4 Å². The van der Waals surface area contributed by atoms with Crippen LogP contribution < -0.4 is 10.6 Å². The van der Waals surface area contributed by atoms with E-state index in [-0.39, 0.29) is 5.91 Å². The van der Waals surface area contributed by atoms with Crippen LogP contribution in [0, 0.1) is 19.3 Å². The van der Waals surface area contributed by atoms with Gasteiger partial charge in [-0.1, -0.05) is 30.3 Å². The first-order chi connectivity index (χ1) is 14.1. The minimum Gasteiger partial charge on any atom is -0.376 e. The van der Waals surface area contributed by atoms with E-state index in [0.717, 1.165) is 17.7 Å². The Balaban J connectivity index is 0.00000101. The Morgan fingerprint density at radius 1 is 1.20 bits per heavy atom. The molecule has 30 heavy (non-hydrogen) atoms. The fraction of sp³-hybridized carbons (Fsp3) is 0.348. The van der Waals surface area contributed by atoms with E-state index in [0.29, 0.717) is 24.5 Å². The predicted molar refractivity (Wildman–Crippen MR) is 111 cm³/mol. The third kappa shape index (κ3) is 5.55. The third-order valence-electron chi connectivity index (χ3n) is 4.70. The van der Waals surface area contributed by atoms with Gasteiger partial charge >= 0.3 is 6.18 Å². The van der Waals surface area contributed by atoms with Crippen molar-refractivity contribution in [3.63, 3.8) is 0 Å². The molecular weight excluding hydrogens is 393 g/mol. The van der Waals surface area contributed by atoms with Crippen molar-refractivity contribution in [2.45, 2.75) is 38.5 Å². The highest BCUT2D eigenvalue weighted by atomic mass is 19.4. The zero-order chi connectivity index (χ0) is 22.4. The lowest BCUT2D eigenvalue weighted by Crippen LogP contribution is -2.61. The highest BCUT2D eigenvalue weighted by Crippen LogP contribution is 2.32. The van der Waals surface area contributed by atoms with E-state index in [1.54, 1.807) is 20.8 Å². The molecule has 7 heteroatoms. The molecule has 3 rings (SSSR count). The molecule has 1 amide bonds. The molecule has 0 bridgehead atoms. The monoisotopic (exact) mass is 418 g/mol. The Kier molecular flexibility index (Phi) is 7.52.